The molecule has 7 nitrogen and oxygen atoms in total. The Bertz CT molecular complexity index is 728. The van der Waals surface area contributed by atoms with Gasteiger partial charge in [0.15, 0.2) is 5.82 Å². The van der Waals surface area contributed by atoms with Crippen molar-refractivity contribution in [3.8, 4) is 0 Å². The summed E-state index contributed by atoms with van der Waals surface area (Å²) in [6, 6.07) is 5.46. The van der Waals surface area contributed by atoms with Crippen molar-refractivity contribution < 1.29 is 4.79 Å². The highest BCUT2D eigenvalue weighted by Crippen LogP contribution is 2.32. The number of pyridine rings is 1. The Kier molecular flexibility index (Phi) is 4.02. The van der Waals surface area contributed by atoms with Crippen LogP contribution >= 0.6 is 0 Å². The first-order valence-electron chi connectivity index (χ1n) is 8.56. The van der Waals surface area contributed by atoms with Crippen molar-refractivity contribution in [1.82, 2.24) is 29.5 Å². The van der Waals surface area contributed by atoms with Gasteiger partial charge in [0.1, 0.15) is 11.5 Å². The Morgan fingerprint density at radius 3 is 2.92 bits per heavy atom. The van der Waals surface area contributed by atoms with Gasteiger partial charge in [-0.2, -0.15) is 0 Å². The lowest BCUT2D eigenvalue weighted by Crippen LogP contribution is -2.41. The van der Waals surface area contributed by atoms with Gasteiger partial charge in [0, 0.05) is 25.8 Å². The molecule has 4 heterocycles. The van der Waals surface area contributed by atoms with E-state index in [-0.39, 0.29) is 11.9 Å². The molecule has 2 aliphatic rings. The Balaban J connectivity index is 1.65. The van der Waals surface area contributed by atoms with Gasteiger partial charge in [-0.15, -0.1) is 10.2 Å². The summed E-state index contributed by atoms with van der Waals surface area (Å²) in [5, 5.41) is 8.82. The number of hydrogen-bond donors (Lipinski definition) is 0. The summed E-state index contributed by atoms with van der Waals surface area (Å²) in [6.45, 7) is 3.44. The number of carbonyl (C=O) groups is 1. The number of nitrogens with zero attached hydrogens (tertiary/aromatic N) is 6. The Morgan fingerprint density at radius 1 is 1.17 bits per heavy atom. The van der Waals surface area contributed by atoms with Gasteiger partial charge in [-0.3, -0.25) is 14.7 Å². The van der Waals surface area contributed by atoms with Crippen LogP contribution in [0.4, 0.5) is 0 Å². The van der Waals surface area contributed by atoms with Crippen LogP contribution in [0.15, 0.2) is 24.4 Å². The van der Waals surface area contributed by atoms with Crippen molar-refractivity contribution in [2.75, 3.05) is 20.1 Å². The van der Waals surface area contributed by atoms with Gasteiger partial charge in [0.25, 0.3) is 5.91 Å². The summed E-state index contributed by atoms with van der Waals surface area (Å²) >= 11 is 0. The number of hydrogen-bond acceptors (Lipinski definition) is 5. The third kappa shape index (κ3) is 2.69. The van der Waals surface area contributed by atoms with Crippen LogP contribution in [0.1, 0.15) is 47.4 Å². The molecule has 0 bridgehead atoms. The second kappa shape index (κ2) is 6.32. The minimum Gasteiger partial charge on any atom is -0.327 e. The molecule has 2 aromatic heterocycles. The third-order valence-corrected chi connectivity index (χ3v) is 4.92. The van der Waals surface area contributed by atoms with E-state index in [0.717, 1.165) is 57.1 Å². The molecule has 0 unspecified atom stereocenters. The van der Waals surface area contributed by atoms with E-state index in [4.69, 9.17) is 0 Å². The molecule has 4 rings (SSSR count). The van der Waals surface area contributed by atoms with Gasteiger partial charge in [-0.1, -0.05) is 6.07 Å². The van der Waals surface area contributed by atoms with Gasteiger partial charge in [-0.25, -0.2) is 0 Å². The van der Waals surface area contributed by atoms with Crippen molar-refractivity contribution >= 4 is 5.91 Å². The van der Waals surface area contributed by atoms with Crippen LogP contribution in [0.3, 0.4) is 0 Å². The number of carbonyl (C=O) groups excluding carboxylic acids is 1. The molecule has 2 aliphatic heterocycles. The number of likely N-dealkylation sites (tertiary alicyclic amines) is 1. The predicted molar refractivity (Wildman–Crippen MR) is 88.2 cm³/mol. The molecule has 7 heteroatoms. The number of aromatic nitrogens is 4. The largest absolute Gasteiger partial charge is 0.327 e. The SMILES string of the molecule is CN1CCn2c(nnc2[C@@H]2CCCCN2C(=O)c2ccccn2)C1. The predicted octanol–water partition coefficient (Wildman–Crippen LogP) is 1.49. The van der Waals surface area contributed by atoms with E-state index in [1.165, 1.54) is 0 Å². The zero-order valence-electron chi connectivity index (χ0n) is 13.9. The van der Waals surface area contributed by atoms with Gasteiger partial charge >= 0.3 is 0 Å². The van der Waals surface area contributed by atoms with Gasteiger partial charge in [-0.05, 0) is 38.4 Å². The Labute approximate surface area is 141 Å². The Morgan fingerprint density at radius 2 is 2.08 bits per heavy atom. The van der Waals surface area contributed by atoms with Crippen molar-refractivity contribution in [1.29, 1.82) is 0 Å². The quantitative estimate of drug-likeness (QED) is 0.836. The molecule has 1 amide bonds. The lowest BCUT2D eigenvalue weighted by Gasteiger charge is -2.35. The van der Waals surface area contributed by atoms with Crippen molar-refractivity contribution in [2.24, 2.45) is 0 Å². The van der Waals surface area contributed by atoms with Crippen LogP contribution in [0.25, 0.3) is 0 Å². The zero-order valence-corrected chi connectivity index (χ0v) is 13.9. The van der Waals surface area contributed by atoms with Crippen molar-refractivity contribution in [2.45, 2.75) is 38.4 Å². The molecule has 126 valence electrons. The van der Waals surface area contributed by atoms with E-state index in [0.29, 0.717) is 5.69 Å². The first kappa shape index (κ1) is 15.3. The maximum absolute atomic E-state index is 12.9. The number of rotatable bonds is 2. The highest BCUT2D eigenvalue weighted by molar-refractivity contribution is 5.92. The molecule has 1 atom stereocenters. The number of piperidine rings is 1. The fourth-order valence-electron chi connectivity index (χ4n) is 3.63. The number of likely N-dealkylation sites (N-methyl/N-ethyl adjacent to an activating group) is 1. The molecule has 24 heavy (non-hydrogen) atoms. The fourth-order valence-corrected chi connectivity index (χ4v) is 3.63. The highest BCUT2D eigenvalue weighted by Gasteiger charge is 2.34. The summed E-state index contributed by atoms with van der Waals surface area (Å²) in [5.41, 5.74) is 0.502. The molecule has 0 N–H and O–H groups in total. The normalized spacial score (nSPS) is 21.5. The van der Waals surface area contributed by atoms with Crippen LogP contribution in [-0.2, 0) is 13.1 Å². The summed E-state index contributed by atoms with van der Waals surface area (Å²) < 4.78 is 2.20. The molecular weight excluding hydrogens is 304 g/mol. The monoisotopic (exact) mass is 326 g/mol. The topological polar surface area (TPSA) is 67.2 Å². The Hall–Kier alpha value is -2.28. The van der Waals surface area contributed by atoms with E-state index in [1.54, 1.807) is 12.3 Å². The lowest BCUT2D eigenvalue weighted by molar-refractivity contribution is 0.0585. The first-order chi connectivity index (χ1) is 11.7. The molecule has 0 aromatic carbocycles. The lowest BCUT2D eigenvalue weighted by atomic mass is 10.0. The first-order valence-corrected chi connectivity index (χ1v) is 8.56. The molecule has 0 saturated carbocycles. The van der Waals surface area contributed by atoms with Crippen molar-refractivity contribution in [3.63, 3.8) is 0 Å². The standard InChI is InChI=1S/C17H22N6O/c1-21-10-11-23-15(12-21)19-20-16(23)14-7-3-5-9-22(14)17(24)13-6-2-4-8-18-13/h2,4,6,8,14H,3,5,7,9-12H2,1H3/t14-/m0/s1. The molecule has 0 radical (unpaired) electrons. The molecule has 0 aliphatic carbocycles. The fraction of sp³-hybridized carbons (Fsp3) is 0.529. The van der Waals surface area contributed by atoms with Crippen LogP contribution in [0.5, 0.6) is 0 Å². The van der Waals surface area contributed by atoms with Crippen LogP contribution < -0.4 is 0 Å². The third-order valence-electron chi connectivity index (χ3n) is 4.92. The zero-order chi connectivity index (χ0) is 16.5. The van der Waals surface area contributed by atoms with E-state index < -0.39 is 0 Å². The molecular formula is C17H22N6O. The van der Waals surface area contributed by atoms with Crippen molar-refractivity contribution in [3.05, 3.63) is 41.7 Å². The van der Waals surface area contributed by atoms with Crippen LogP contribution in [0.2, 0.25) is 0 Å². The molecule has 2 aromatic rings. The van der Waals surface area contributed by atoms with E-state index in [1.807, 2.05) is 17.0 Å². The van der Waals surface area contributed by atoms with E-state index in [9.17, 15) is 4.79 Å². The van der Waals surface area contributed by atoms with Gasteiger partial charge in [0.05, 0.1) is 12.6 Å². The minimum atomic E-state index is -0.00872. The minimum absolute atomic E-state index is 0.00193. The van der Waals surface area contributed by atoms with E-state index in [2.05, 4.69) is 31.7 Å². The van der Waals surface area contributed by atoms with Crippen LogP contribution in [0, 0.1) is 0 Å². The molecule has 1 saturated heterocycles. The average Bonchev–Trinajstić information content (AvgIpc) is 3.04. The summed E-state index contributed by atoms with van der Waals surface area (Å²) in [7, 11) is 2.09. The smallest absolute Gasteiger partial charge is 0.273 e. The van der Waals surface area contributed by atoms with Crippen LogP contribution in [-0.4, -0.2) is 55.6 Å². The summed E-state index contributed by atoms with van der Waals surface area (Å²) in [4.78, 5) is 21.3. The second-order valence-corrected chi connectivity index (χ2v) is 6.59. The summed E-state index contributed by atoms with van der Waals surface area (Å²) in [6.07, 6.45) is 4.74. The average molecular weight is 326 g/mol. The van der Waals surface area contributed by atoms with Gasteiger partial charge < -0.3 is 9.47 Å². The summed E-state index contributed by atoms with van der Waals surface area (Å²) in [5.74, 6) is 1.92. The number of amides is 1. The maximum atomic E-state index is 12.9. The van der Waals surface area contributed by atoms with Gasteiger partial charge in [0.2, 0.25) is 0 Å². The maximum Gasteiger partial charge on any atom is 0.273 e. The highest BCUT2D eigenvalue weighted by atomic mass is 16.2. The second-order valence-electron chi connectivity index (χ2n) is 6.59. The van der Waals surface area contributed by atoms with E-state index >= 15 is 0 Å². The molecule has 1 fully saturated rings. The number of fused-ring (bicyclic) bond motifs is 1. The molecule has 0 spiro atoms.